The molecule has 0 spiro atoms. The summed E-state index contributed by atoms with van der Waals surface area (Å²) in [4.78, 5) is 32.8. The van der Waals surface area contributed by atoms with E-state index in [-0.39, 0.29) is 16.8 Å². The van der Waals surface area contributed by atoms with Crippen molar-refractivity contribution in [2.24, 2.45) is 0 Å². The Morgan fingerprint density at radius 2 is 1.77 bits per heavy atom. The average Bonchev–Trinajstić information content (AvgIpc) is 3.02. The van der Waals surface area contributed by atoms with Crippen LogP contribution in [-0.4, -0.2) is 10.9 Å². The van der Waals surface area contributed by atoms with Gasteiger partial charge in [-0.15, -0.1) is 0 Å². The maximum Gasteiger partial charge on any atom is 0.296 e. The van der Waals surface area contributed by atoms with Crippen molar-refractivity contribution in [2.75, 3.05) is 4.90 Å². The Kier molecular flexibility index (Phi) is 4.03. The molecule has 2 aromatic heterocycles. The van der Waals surface area contributed by atoms with Gasteiger partial charge < -0.3 is 4.42 Å². The van der Waals surface area contributed by atoms with Crippen molar-refractivity contribution in [3.05, 3.63) is 105 Å². The normalized spacial score (nSPS) is 15.6. The minimum absolute atomic E-state index is 0.00557. The molecule has 0 saturated carbocycles. The van der Waals surface area contributed by atoms with Gasteiger partial charge in [0.25, 0.3) is 5.91 Å². The van der Waals surface area contributed by atoms with Crippen LogP contribution in [0.15, 0.2) is 69.9 Å². The van der Waals surface area contributed by atoms with Crippen LogP contribution in [0.2, 0.25) is 0 Å². The van der Waals surface area contributed by atoms with Gasteiger partial charge in [0, 0.05) is 5.69 Å². The summed E-state index contributed by atoms with van der Waals surface area (Å²) < 4.78 is 19.5. The number of nitrogens with zero attached hydrogens (tertiary/aromatic N) is 2. The number of carbonyl (C=O) groups excluding carboxylic acids is 1. The molecule has 2 aromatic carbocycles. The van der Waals surface area contributed by atoms with Gasteiger partial charge in [0.2, 0.25) is 5.76 Å². The maximum absolute atomic E-state index is 13.6. The topological polar surface area (TPSA) is 63.4 Å². The van der Waals surface area contributed by atoms with E-state index in [2.05, 4.69) is 4.98 Å². The minimum atomic E-state index is -0.761. The molecule has 1 amide bonds. The molecule has 6 heteroatoms. The van der Waals surface area contributed by atoms with Gasteiger partial charge in [0.05, 0.1) is 17.0 Å². The number of amides is 1. The lowest BCUT2D eigenvalue weighted by Crippen LogP contribution is -2.30. The van der Waals surface area contributed by atoms with Gasteiger partial charge in [-0.2, -0.15) is 0 Å². The van der Waals surface area contributed by atoms with Crippen LogP contribution in [0.25, 0.3) is 11.0 Å². The third-order valence-electron chi connectivity index (χ3n) is 5.33. The Morgan fingerprint density at radius 3 is 2.50 bits per heavy atom. The Labute approximate surface area is 171 Å². The smallest absolute Gasteiger partial charge is 0.296 e. The second-order valence-electron chi connectivity index (χ2n) is 7.44. The van der Waals surface area contributed by atoms with E-state index >= 15 is 0 Å². The van der Waals surface area contributed by atoms with Gasteiger partial charge in [-0.3, -0.25) is 14.5 Å². The molecule has 0 N–H and O–H groups in total. The van der Waals surface area contributed by atoms with Crippen molar-refractivity contribution in [3.8, 4) is 0 Å². The van der Waals surface area contributed by atoms with E-state index in [1.807, 2.05) is 26.0 Å². The fraction of sp³-hybridized carbons (Fsp3) is 0.125. The third kappa shape index (κ3) is 2.72. The quantitative estimate of drug-likeness (QED) is 0.490. The molecule has 5 nitrogen and oxygen atoms in total. The summed E-state index contributed by atoms with van der Waals surface area (Å²) in [5, 5.41) is 0.410. The summed E-state index contributed by atoms with van der Waals surface area (Å²) in [5.41, 5.74) is 2.57. The summed E-state index contributed by atoms with van der Waals surface area (Å²) in [6.07, 6.45) is 0. The van der Waals surface area contributed by atoms with Crippen LogP contribution in [0.3, 0.4) is 0 Å². The van der Waals surface area contributed by atoms with Crippen LogP contribution >= 0.6 is 0 Å². The second kappa shape index (κ2) is 6.62. The SMILES string of the molecule is Cc1ccc2oc3c(c(=O)c2c1)[C@@H](c1ccc(F)cc1)N(c1cccc(C)n1)C3=O. The fourth-order valence-electron chi connectivity index (χ4n) is 3.95. The lowest BCUT2D eigenvalue weighted by Gasteiger charge is -2.24. The molecule has 0 bridgehead atoms. The molecule has 4 aromatic rings. The van der Waals surface area contributed by atoms with Crippen LogP contribution < -0.4 is 10.3 Å². The zero-order chi connectivity index (χ0) is 21.0. The highest BCUT2D eigenvalue weighted by Crippen LogP contribution is 2.40. The van der Waals surface area contributed by atoms with Crippen molar-refractivity contribution >= 4 is 22.7 Å². The predicted octanol–water partition coefficient (Wildman–Crippen LogP) is 4.69. The van der Waals surface area contributed by atoms with E-state index in [1.165, 1.54) is 17.0 Å². The predicted molar refractivity (Wildman–Crippen MR) is 111 cm³/mol. The molecule has 0 radical (unpaired) electrons. The van der Waals surface area contributed by atoms with E-state index in [4.69, 9.17) is 4.42 Å². The first-order chi connectivity index (χ1) is 14.4. The zero-order valence-electron chi connectivity index (χ0n) is 16.3. The Bertz CT molecular complexity index is 1380. The Balaban J connectivity index is 1.83. The first-order valence-corrected chi connectivity index (χ1v) is 9.54. The number of hydrogen-bond acceptors (Lipinski definition) is 4. The van der Waals surface area contributed by atoms with Crippen molar-refractivity contribution in [1.82, 2.24) is 4.98 Å². The van der Waals surface area contributed by atoms with Crippen molar-refractivity contribution in [3.63, 3.8) is 0 Å². The minimum Gasteiger partial charge on any atom is -0.450 e. The molecule has 30 heavy (non-hydrogen) atoms. The molecule has 5 rings (SSSR count). The molecule has 1 aliphatic heterocycles. The lowest BCUT2D eigenvalue weighted by atomic mass is 9.98. The van der Waals surface area contributed by atoms with Gasteiger partial charge in [0.1, 0.15) is 17.2 Å². The molecule has 148 valence electrons. The number of fused-ring (bicyclic) bond motifs is 2. The van der Waals surface area contributed by atoms with E-state index < -0.39 is 17.8 Å². The Hall–Kier alpha value is -3.80. The summed E-state index contributed by atoms with van der Waals surface area (Å²) in [6.45, 7) is 3.71. The first-order valence-electron chi connectivity index (χ1n) is 9.54. The number of benzene rings is 2. The molecule has 1 aliphatic rings. The number of halogens is 1. The number of carbonyl (C=O) groups is 1. The summed E-state index contributed by atoms with van der Waals surface area (Å²) in [6, 6.07) is 15.6. The molecular formula is C24H17FN2O3. The first kappa shape index (κ1) is 18.2. The van der Waals surface area contributed by atoms with Crippen LogP contribution in [0, 0.1) is 19.7 Å². The molecule has 0 unspecified atom stereocenters. The number of rotatable bonds is 2. The molecule has 0 saturated heterocycles. The average molecular weight is 400 g/mol. The van der Waals surface area contributed by atoms with Crippen LogP contribution in [0.1, 0.15) is 39.0 Å². The van der Waals surface area contributed by atoms with Gasteiger partial charge in [-0.1, -0.05) is 29.8 Å². The van der Waals surface area contributed by atoms with Gasteiger partial charge in [-0.05, 0) is 55.8 Å². The van der Waals surface area contributed by atoms with Crippen LogP contribution in [0.4, 0.5) is 10.2 Å². The lowest BCUT2D eigenvalue weighted by molar-refractivity contribution is 0.0970. The van der Waals surface area contributed by atoms with Crippen molar-refractivity contribution in [2.45, 2.75) is 19.9 Å². The summed E-state index contributed by atoms with van der Waals surface area (Å²) in [5.74, 6) is -0.448. The fourth-order valence-corrected chi connectivity index (χ4v) is 3.95. The molecule has 0 aliphatic carbocycles. The second-order valence-corrected chi connectivity index (χ2v) is 7.44. The van der Waals surface area contributed by atoms with E-state index in [9.17, 15) is 14.0 Å². The monoisotopic (exact) mass is 400 g/mol. The number of pyridine rings is 1. The number of anilines is 1. The van der Waals surface area contributed by atoms with Gasteiger partial charge in [0.15, 0.2) is 5.43 Å². The molecule has 3 heterocycles. The van der Waals surface area contributed by atoms with Crippen molar-refractivity contribution in [1.29, 1.82) is 0 Å². The molecule has 0 fully saturated rings. The zero-order valence-corrected chi connectivity index (χ0v) is 16.3. The number of hydrogen-bond donors (Lipinski definition) is 0. The number of aryl methyl sites for hydroxylation is 2. The largest absolute Gasteiger partial charge is 0.450 e. The molecule has 1 atom stereocenters. The number of aromatic nitrogens is 1. The van der Waals surface area contributed by atoms with Gasteiger partial charge in [-0.25, -0.2) is 9.37 Å². The van der Waals surface area contributed by atoms with Crippen LogP contribution in [0.5, 0.6) is 0 Å². The van der Waals surface area contributed by atoms with E-state index in [0.717, 1.165) is 11.3 Å². The highest BCUT2D eigenvalue weighted by Gasteiger charge is 2.44. The maximum atomic E-state index is 13.6. The van der Waals surface area contributed by atoms with Crippen LogP contribution in [-0.2, 0) is 0 Å². The van der Waals surface area contributed by atoms with Crippen molar-refractivity contribution < 1.29 is 13.6 Å². The Morgan fingerprint density at radius 1 is 1.00 bits per heavy atom. The van der Waals surface area contributed by atoms with E-state index in [1.54, 1.807) is 36.4 Å². The highest BCUT2D eigenvalue weighted by molar-refractivity contribution is 6.10. The summed E-state index contributed by atoms with van der Waals surface area (Å²) in [7, 11) is 0. The standard InChI is InChI=1S/C24H17FN2O3/c1-13-6-11-18-17(12-13)22(28)20-21(15-7-9-16(25)10-8-15)27(24(29)23(20)30-18)19-5-3-4-14(2)26-19/h3-12,21H,1-2H3/t21-/m1/s1. The summed E-state index contributed by atoms with van der Waals surface area (Å²) >= 11 is 0. The molecular weight excluding hydrogens is 383 g/mol. The third-order valence-corrected chi connectivity index (χ3v) is 5.33. The highest BCUT2D eigenvalue weighted by atomic mass is 19.1. The van der Waals surface area contributed by atoms with Gasteiger partial charge >= 0.3 is 0 Å². The van der Waals surface area contributed by atoms with E-state index in [0.29, 0.717) is 22.4 Å².